The molecule has 2 atom stereocenters. The number of likely N-dealkylation sites (N-methyl/N-ethyl adjacent to an activating group) is 2. The third-order valence-corrected chi connectivity index (χ3v) is 4.58. The normalized spacial score (nSPS) is 21.6. The Kier molecular flexibility index (Phi) is 5.19. The number of rotatable bonds is 5. The smallest absolute Gasteiger partial charge is 0.0449 e. The second-order valence-corrected chi connectivity index (χ2v) is 6.37. The molecule has 0 bridgehead atoms. The van der Waals surface area contributed by atoms with E-state index in [0.29, 0.717) is 12.1 Å². The second-order valence-electron chi connectivity index (χ2n) is 6.37. The highest BCUT2D eigenvalue weighted by Gasteiger charge is 2.26. The lowest BCUT2D eigenvalue weighted by Gasteiger charge is -2.26. The van der Waals surface area contributed by atoms with E-state index in [2.05, 4.69) is 68.3 Å². The lowest BCUT2D eigenvalue weighted by molar-refractivity contribution is 0.253. The fourth-order valence-corrected chi connectivity index (χ4v) is 3.14. The van der Waals surface area contributed by atoms with Crippen LogP contribution in [-0.4, -0.2) is 56.6 Å². The molecule has 1 aliphatic heterocycles. The molecule has 1 aliphatic rings. The number of likely N-dealkylation sites (tertiary alicyclic amines) is 1. The highest BCUT2D eigenvalue weighted by atomic mass is 15.2. The number of nitrogens with zero attached hydrogens (tertiary/aromatic N) is 2. The predicted octanol–water partition coefficient (Wildman–Crippen LogP) is 2.20. The number of hydrogen-bond acceptors (Lipinski definition) is 3. The van der Waals surface area contributed by atoms with E-state index >= 15 is 0 Å². The molecule has 1 aromatic rings. The Balaban J connectivity index is 2.04. The van der Waals surface area contributed by atoms with E-state index in [0.717, 1.165) is 6.54 Å². The van der Waals surface area contributed by atoms with Gasteiger partial charge in [-0.25, -0.2) is 0 Å². The Bertz CT molecular complexity index is 442. The summed E-state index contributed by atoms with van der Waals surface area (Å²) >= 11 is 0. The lowest BCUT2D eigenvalue weighted by atomic mass is 9.98. The van der Waals surface area contributed by atoms with Crippen LogP contribution in [0.5, 0.6) is 0 Å². The van der Waals surface area contributed by atoms with Crippen LogP contribution in [0.25, 0.3) is 0 Å². The van der Waals surface area contributed by atoms with Crippen molar-refractivity contribution in [1.82, 2.24) is 15.1 Å². The van der Waals surface area contributed by atoms with Crippen LogP contribution in [0.1, 0.15) is 29.2 Å². The van der Waals surface area contributed by atoms with Crippen LogP contribution in [0, 0.1) is 13.8 Å². The molecule has 1 N–H and O–H groups in total. The van der Waals surface area contributed by atoms with Crippen molar-refractivity contribution in [1.29, 1.82) is 0 Å². The van der Waals surface area contributed by atoms with Crippen molar-refractivity contribution in [2.24, 2.45) is 0 Å². The van der Waals surface area contributed by atoms with Crippen LogP contribution < -0.4 is 5.32 Å². The van der Waals surface area contributed by atoms with Crippen molar-refractivity contribution in [3.63, 3.8) is 0 Å². The van der Waals surface area contributed by atoms with Gasteiger partial charge >= 0.3 is 0 Å². The summed E-state index contributed by atoms with van der Waals surface area (Å²) in [5.41, 5.74) is 4.18. The highest BCUT2D eigenvalue weighted by Crippen LogP contribution is 2.22. The van der Waals surface area contributed by atoms with Gasteiger partial charge in [0.2, 0.25) is 0 Å². The van der Waals surface area contributed by atoms with Gasteiger partial charge in [-0.05, 0) is 59.1 Å². The average Bonchev–Trinajstić information content (AvgIpc) is 2.88. The molecule has 20 heavy (non-hydrogen) atoms. The van der Waals surface area contributed by atoms with E-state index in [1.165, 1.54) is 36.2 Å². The molecular formula is C17H29N3. The van der Waals surface area contributed by atoms with E-state index in [9.17, 15) is 0 Å². The van der Waals surface area contributed by atoms with Gasteiger partial charge < -0.3 is 10.2 Å². The monoisotopic (exact) mass is 275 g/mol. The first kappa shape index (κ1) is 15.5. The van der Waals surface area contributed by atoms with Gasteiger partial charge in [-0.15, -0.1) is 0 Å². The van der Waals surface area contributed by atoms with E-state index in [1.807, 2.05) is 0 Å². The molecule has 0 amide bonds. The number of benzene rings is 1. The van der Waals surface area contributed by atoms with E-state index < -0.39 is 0 Å². The minimum atomic E-state index is 0.427. The average molecular weight is 275 g/mol. The molecule has 2 unspecified atom stereocenters. The van der Waals surface area contributed by atoms with Gasteiger partial charge in [0.05, 0.1) is 0 Å². The second kappa shape index (κ2) is 6.70. The molecule has 0 spiro atoms. The van der Waals surface area contributed by atoms with Gasteiger partial charge in [-0.2, -0.15) is 0 Å². The highest BCUT2D eigenvalue weighted by molar-refractivity contribution is 5.33. The Morgan fingerprint density at radius 1 is 1.35 bits per heavy atom. The fourth-order valence-electron chi connectivity index (χ4n) is 3.14. The third kappa shape index (κ3) is 3.60. The predicted molar refractivity (Wildman–Crippen MR) is 86.2 cm³/mol. The van der Waals surface area contributed by atoms with Crippen molar-refractivity contribution >= 4 is 0 Å². The molecule has 112 valence electrons. The summed E-state index contributed by atoms with van der Waals surface area (Å²) in [6.45, 7) is 7.90. The molecule has 1 heterocycles. The standard InChI is InChI=1S/C17H29N3/c1-13-6-7-14(2)16(10-13)17(18-3)12-20-9-8-15(11-20)19(4)5/h6-7,10,15,17-18H,8-9,11-12H2,1-5H3. The number of aryl methyl sites for hydroxylation is 2. The molecule has 1 aromatic carbocycles. The van der Waals surface area contributed by atoms with Crippen molar-refractivity contribution in [2.75, 3.05) is 40.8 Å². The van der Waals surface area contributed by atoms with Crippen LogP contribution in [0.2, 0.25) is 0 Å². The molecule has 3 nitrogen and oxygen atoms in total. The summed E-state index contributed by atoms with van der Waals surface area (Å²) in [7, 11) is 6.45. The van der Waals surface area contributed by atoms with E-state index in [4.69, 9.17) is 0 Å². The minimum absolute atomic E-state index is 0.427. The number of hydrogen-bond donors (Lipinski definition) is 1. The molecule has 1 fully saturated rings. The third-order valence-electron chi connectivity index (χ3n) is 4.58. The van der Waals surface area contributed by atoms with Crippen molar-refractivity contribution in [2.45, 2.75) is 32.4 Å². The number of nitrogens with one attached hydrogen (secondary N) is 1. The first-order valence-corrected chi connectivity index (χ1v) is 7.64. The summed E-state index contributed by atoms with van der Waals surface area (Å²) < 4.78 is 0. The summed E-state index contributed by atoms with van der Waals surface area (Å²) in [5, 5.41) is 3.50. The first-order valence-electron chi connectivity index (χ1n) is 7.64. The topological polar surface area (TPSA) is 18.5 Å². The molecule has 0 saturated carbocycles. The molecule has 3 heteroatoms. The molecule has 2 rings (SSSR count). The van der Waals surface area contributed by atoms with Gasteiger partial charge in [0.25, 0.3) is 0 Å². The zero-order valence-corrected chi connectivity index (χ0v) is 13.6. The van der Waals surface area contributed by atoms with Crippen molar-refractivity contribution in [3.8, 4) is 0 Å². The SMILES string of the molecule is CNC(CN1CCC(N(C)C)C1)c1cc(C)ccc1C. The van der Waals surface area contributed by atoms with Gasteiger partial charge in [-0.1, -0.05) is 23.8 Å². The largest absolute Gasteiger partial charge is 0.312 e. The quantitative estimate of drug-likeness (QED) is 0.889. The van der Waals surface area contributed by atoms with Crippen LogP contribution in [0.4, 0.5) is 0 Å². The van der Waals surface area contributed by atoms with Crippen LogP contribution in [0.3, 0.4) is 0 Å². The van der Waals surface area contributed by atoms with Gasteiger partial charge in [0.15, 0.2) is 0 Å². The summed E-state index contributed by atoms with van der Waals surface area (Å²) in [5.74, 6) is 0. The van der Waals surface area contributed by atoms with Crippen LogP contribution in [0.15, 0.2) is 18.2 Å². The Hall–Kier alpha value is -0.900. The van der Waals surface area contributed by atoms with Gasteiger partial charge in [-0.3, -0.25) is 4.90 Å². The van der Waals surface area contributed by atoms with Crippen molar-refractivity contribution < 1.29 is 0 Å². The molecular weight excluding hydrogens is 246 g/mol. The Labute approximate surface area is 124 Å². The Morgan fingerprint density at radius 3 is 2.70 bits per heavy atom. The minimum Gasteiger partial charge on any atom is -0.312 e. The van der Waals surface area contributed by atoms with E-state index in [-0.39, 0.29) is 0 Å². The maximum Gasteiger partial charge on any atom is 0.0449 e. The van der Waals surface area contributed by atoms with Crippen LogP contribution in [-0.2, 0) is 0 Å². The van der Waals surface area contributed by atoms with Crippen molar-refractivity contribution in [3.05, 3.63) is 34.9 Å². The molecule has 1 saturated heterocycles. The van der Waals surface area contributed by atoms with Gasteiger partial charge in [0.1, 0.15) is 0 Å². The van der Waals surface area contributed by atoms with Gasteiger partial charge in [0, 0.05) is 25.2 Å². The molecule has 0 aliphatic carbocycles. The maximum absolute atomic E-state index is 3.50. The maximum atomic E-state index is 3.50. The first-order chi connectivity index (χ1) is 9.51. The summed E-state index contributed by atoms with van der Waals surface area (Å²) in [4.78, 5) is 4.94. The molecule has 0 radical (unpaired) electrons. The fraction of sp³-hybridized carbons (Fsp3) is 0.647. The lowest BCUT2D eigenvalue weighted by Crippen LogP contribution is -2.36. The Morgan fingerprint density at radius 2 is 2.10 bits per heavy atom. The zero-order valence-electron chi connectivity index (χ0n) is 13.6. The summed E-state index contributed by atoms with van der Waals surface area (Å²) in [6.07, 6.45) is 1.29. The van der Waals surface area contributed by atoms with E-state index in [1.54, 1.807) is 0 Å². The zero-order chi connectivity index (χ0) is 14.7. The van der Waals surface area contributed by atoms with Crippen LogP contribution >= 0.6 is 0 Å². The molecule has 0 aromatic heterocycles. The summed E-state index contributed by atoms with van der Waals surface area (Å²) in [6, 6.07) is 7.91.